The monoisotopic (exact) mass is 346 g/mol. The summed E-state index contributed by atoms with van der Waals surface area (Å²) in [5.74, 6) is 0.575. The van der Waals surface area contributed by atoms with Gasteiger partial charge < -0.3 is 26.5 Å². The van der Waals surface area contributed by atoms with Crippen molar-refractivity contribution in [3.63, 3.8) is 0 Å². The Morgan fingerprint density at radius 1 is 1.28 bits per heavy atom. The lowest BCUT2D eigenvalue weighted by molar-refractivity contribution is -0.117. The first-order valence-electron chi connectivity index (χ1n) is 7.91. The molecule has 0 spiro atoms. The van der Waals surface area contributed by atoms with Crippen molar-refractivity contribution in [3.05, 3.63) is 36.2 Å². The number of hydrogen-bond donors (Lipinski definition) is 4. The van der Waals surface area contributed by atoms with Gasteiger partial charge in [-0.1, -0.05) is 13.8 Å². The molecule has 2 rings (SSSR count). The van der Waals surface area contributed by atoms with Crippen molar-refractivity contribution in [2.24, 2.45) is 0 Å². The van der Waals surface area contributed by atoms with Crippen molar-refractivity contribution in [2.75, 3.05) is 30.1 Å². The Hall–Kier alpha value is -3.00. The van der Waals surface area contributed by atoms with Gasteiger partial charge in [0.15, 0.2) is 0 Å². The van der Waals surface area contributed by atoms with Gasteiger partial charge in [0.1, 0.15) is 18.0 Å². The van der Waals surface area contributed by atoms with Gasteiger partial charge in [0, 0.05) is 26.1 Å². The van der Waals surface area contributed by atoms with Crippen LogP contribution in [0.4, 0.5) is 23.0 Å². The van der Waals surface area contributed by atoms with Crippen LogP contribution in [0, 0.1) is 5.41 Å². The molecule has 0 fully saturated rings. The smallest absolute Gasteiger partial charge is 0.226 e. The fraction of sp³-hybridized carbons (Fsp3) is 0.294. The van der Waals surface area contributed by atoms with Crippen LogP contribution >= 0.6 is 0 Å². The fourth-order valence-electron chi connectivity index (χ4n) is 1.84. The minimum absolute atomic E-state index is 0. The van der Waals surface area contributed by atoms with E-state index in [4.69, 9.17) is 15.9 Å². The minimum atomic E-state index is -0.109. The topological polar surface area (TPSA) is 126 Å². The van der Waals surface area contributed by atoms with Crippen LogP contribution in [0.15, 0.2) is 30.6 Å². The van der Waals surface area contributed by atoms with Gasteiger partial charge in [-0.2, -0.15) is 0 Å². The van der Waals surface area contributed by atoms with Gasteiger partial charge in [-0.3, -0.25) is 4.79 Å². The number of aromatic nitrogens is 2. The number of benzene rings is 1. The molecule has 1 aromatic carbocycles. The third-order valence-electron chi connectivity index (χ3n) is 3.02. The molecule has 0 aliphatic heterocycles. The number of rotatable bonds is 7. The molecule has 0 atom stereocenters. The molecular weight excluding hydrogens is 320 g/mol. The molecule has 0 bridgehead atoms. The maximum atomic E-state index is 11.6. The lowest BCUT2D eigenvalue weighted by Gasteiger charge is -2.10. The molecule has 1 amide bonds. The molecular formula is C17H26N6O2. The van der Waals surface area contributed by atoms with Crippen molar-refractivity contribution in [1.82, 2.24) is 9.97 Å². The summed E-state index contributed by atoms with van der Waals surface area (Å²) in [7, 11) is 1.55. The average molecular weight is 346 g/mol. The summed E-state index contributed by atoms with van der Waals surface area (Å²) in [5, 5.41) is 13.2. The summed E-state index contributed by atoms with van der Waals surface area (Å²) in [6.07, 6.45) is 2.73. The Balaban J connectivity index is 0.00000201. The van der Waals surface area contributed by atoms with Crippen LogP contribution in [0.1, 0.15) is 27.3 Å². The number of ether oxygens (including phenoxy) is 1. The zero-order chi connectivity index (χ0) is 18.7. The molecule has 0 aliphatic rings. The number of nitrogens with one attached hydrogen (secondary N) is 3. The lowest BCUT2D eigenvalue weighted by Crippen LogP contribution is -2.13. The van der Waals surface area contributed by atoms with Gasteiger partial charge in [0.05, 0.1) is 18.6 Å². The molecule has 25 heavy (non-hydrogen) atoms. The van der Waals surface area contributed by atoms with Crippen LogP contribution in [0.2, 0.25) is 0 Å². The first-order chi connectivity index (χ1) is 12.1. The van der Waals surface area contributed by atoms with E-state index in [1.54, 1.807) is 31.4 Å². The maximum absolute atomic E-state index is 11.6. The van der Waals surface area contributed by atoms with E-state index in [1.165, 1.54) is 6.33 Å². The van der Waals surface area contributed by atoms with Crippen molar-refractivity contribution in [1.29, 1.82) is 5.41 Å². The SMILES string of the molecule is CC.COCCC(=O)Nc1ccc(Nc2ncnc(N)c2C=N)cc1.[HH]. The standard InChI is InChI=1S/C15H18N6O2.C2H6.H2/c1-23-7-6-13(22)20-10-2-4-11(5-3-10)21-15-12(8-16)14(17)18-9-19-15;1-2;/h2-5,8-9,16H,6-7H2,1H3,(H,20,22)(H3,17,18,19,21);1-2H3;1H. The summed E-state index contributed by atoms with van der Waals surface area (Å²) in [4.78, 5) is 19.5. The number of anilines is 4. The van der Waals surface area contributed by atoms with E-state index in [1.807, 2.05) is 13.8 Å². The van der Waals surface area contributed by atoms with Gasteiger partial charge in [0.25, 0.3) is 0 Å². The minimum Gasteiger partial charge on any atom is -0.384 e. The first kappa shape index (κ1) is 20.0. The van der Waals surface area contributed by atoms with E-state index in [0.717, 1.165) is 11.9 Å². The van der Waals surface area contributed by atoms with Crippen molar-refractivity contribution in [2.45, 2.75) is 20.3 Å². The van der Waals surface area contributed by atoms with E-state index in [2.05, 4.69) is 20.6 Å². The van der Waals surface area contributed by atoms with Crippen LogP contribution < -0.4 is 16.4 Å². The Morgan fingerprint density at radius 3 is 2.52 bits per heavy atom. The van der Waals surface area contributed by atoms with Crippen LogP contribution in [0.3, 0.4) is 0 Å². The number of carbonyl (C=O) groups excluding carboxylic acids is 1. The number of amides is 1. The van der Waals surface area contributed by atoms with E-state index < -0.39 is 0 Å². The second-order valence-corrected chi connectivity index (χ2v) is 4.66. The predicted molar refractivity (Wildman–Crippen MR) is 103 cm³/mol. The summed E-state index contributed by atoms with van der Waals surface area (Å²) in [6.45, 7) is 4.38. The lowest BCUT2D eigenvalue weighted by atomic mass is 10.2. The number of nitrogen functional groups attached to an aromatic ring is 1. The highest BCUT2D eigenvalue weighted by atomic mass is 16.5. The van der Waals surface area contributed by atoms with Gasteiger partial charge >= 0.3 is 0 Å². The molecule has 5 N–H and O–H groups in total. The van der Waals surface area contributed by atoms with Crippen LogP contribution in [0.5, 0.6) is 0 Å². The predicted octanol–water partition coefficient (Wildman–Crippen LogP) is 3.05. The molecule has 0 unspecified atom stereocenters. The Bertz CT molecular complexity index is 694. The summed E-state index contributed by atoms with van der Waals surface area (Å²) < 4.78 is 4.86. The number of nitrogens with two attached hydrogens (primary N) is 1. The largest absolute Gasteiger partial charge is 0.384 e. The molecule has 136 valence electrons. The van der Waals surface area contributed by atoms with E-state index >= 15 is 0 Å². The molecule has 1 heterocycles. The van der Waals surface area contributed by atoms with Crippen molar-refractivity contribution < 1.29 is 11.0 Å². The second-order valence-electron chi connectivity index (χ2n) is 4.66. The highest BCUT2D eigenvalue weighted by Crippen LogP contribution is 2.21. The normalized spacial score (nSPS) is 9.56. The first-order valence-corrected chi connectivity index (χ1v) is 7.91. The molecule has 0 saturated carbocycles. The fourth-order valence-corrected chi connectivity index (χ4v) is 1.84. The third-order valence-corrected chi connectivity index (χ3v) is 3.02. The molecule has 8 nitrogen and oxygen atoms in total. The number of hydrogen-bond acceptors (Lipinski definition) is 7. The number of nitrogens with zero attached hydrogens (tertiary/aromatic N) is 2. The summed E-state index contributed by atoms with van der Waals surface area (Å²) in [5.41, 5.74) is 7.56. The highest BCUT2D eigenvalue weighted by Gasteiger charge is 2.07. The van der Waals surface area contributed by atoms with Gasteiger partial charge in [0.2, 0.25) is 5.91 Å². The van der Waals surface area contributed by atoms with Gasteiger partial charge in [-0.15, -0.1) is 0 Å². The quantitative estimate of drug-likeness (QED) is 0.571. The van der Waals surface area contributed by atoms with Crippen LogP contribution in [-0.2, 0) is 9.53 Å². The Morgan fingerprint density at radius 2 is 1.92 bits per heavy atom. The zero-order valence-corrected chi connectivity index (χ0v) is 14.7. The van der Waals surface area contributed by atoms with E-state index in [0.29, 0.717) is 30.1 Å². The zero-order valence-electron chi connectivity index (χ0n) is 14.7. The molecule has 0 aliphatic carbocycles. The maximum Gasteiger partial charge on any atom is 0.226 e. The van der Waals surface area contributed by atoms with E-state index in [-0.39, 0.29) is 13.2 Å². The Labute approximate surface area is 148 Å². The molecule has 0 saturated heterocycles. The summed E-state index contributed by atoms with van der Waals surface area (Å²) in [6, 6.07) is 7.11. The highest BCUT2D eigenvalue weighted by molar-refractivity contribution is 5.92. The summed E-state index contributed by atoms with van der Waals surface area (Å²) >= 11 is 0. The Kier molecular flexibility index (Phi) is 8.59. The van der Waals surface area contributed by atoms with Crippen molar-refractivity contribution >= 4 is 35.1 Å². The van der Waals surface area contributed by atoms with Gasteiger partial charge in [-0.05, 0) is 24.3 Å². The van der Waals surface area contributed by atoms with E-state index in [9.17, 15) is 4.79 Å². The third kappa shape index (κ3) is 6.19. The second kappa shape index (κ2) is 10.7. The molecule has 2 aromatic rings. The average Bonchev–Trinajstić information content (AvgIpc) is 2.63. The molecule has 0 radical (unpaired) electrons. The number of carbonyl (C=O) groups is 1. The van der Waals surface area contributed by atoms with Gasteiger partial charge in [-0.25, -0.2) is 9.97 Å². The van der Waals surface area contributed by atoms with Crippen molar-refractivity contribution in [3.8, 4) is 0 Å². The van der Waals surface area contributed by atoms with Crippen LogP contribution in [0.25, 0.3) is 0 Å². The number of methoxy groups -OCH3 is 1. The molecule has 8 heteroatoms. The molecule has 1 aromatic heterocycles. The van der Waals surface area contributed by atoms with Crippen LogP contribution in [-0.4, -0.2) is 35.8 Å².